The molecular weight excluding hydrogens is 323 g/mol. The van der Waals surface area contributed by atoms with E-state index in [-0.39, 0.29) is 4.33 Å². The first kappa shape index (κ1) is 12.1. The smallest absolute Gasteiger partial charge is 0.100 e. The second-order valence-electron chi connectivity index (χ2n) is 11.6. The fourth-order valence-electron chi connectivity index (χ4n) is 12.3. The van der Waals surface area contributed by atoms with Crippen LogP contribution in [0.1, 0.15) is 77.0 Å². The molecule has 0 N–H and O–H groups in total. The Bertz CT molecular complexity index is 656. The van der Waals surface area contributed by atoms with Crippen molar-refractivity contribution < 1.29 is 0 Å². The topological polar surface area (TPSA) is 0 Å². The van der Waals surface area contributed by atoms with Crippen LogP contribution in [0.5, 0.6) is 0 Å². The summed E-state index contributed by atoms with van der Waals surface area (Å²) in [6.07, 6.45) is 18.0. The molecule has 0 aliphatic heterocycles. The fraction of sp³-hybridized carbons (Fsp3) is 1.00. The molecule has 122 valence electrons. The maximum absolute atomic E-state index is 7.53. The Morgan fingerprint density at radius 2 is 0.565 bits per heavy atom. The number of alkyl halides is 2. The Balaban J connectivity index is 1.39. The van der Waals surface area contributed by atoms with E-state index in [1.165, 1.54) is 77.0 Å². The summed E-state index contributed by atoms with van der Waals surface area (Å²) >= 11 is 15.1. The van der Waals surface area contributed by atoms with Crippen LogP contribution in [0, 0.1) is 43.3 Å². The average molecular weight is 347 g/mol. The molecule has 0 radical (unpaired) electrons. The largest absolute Gasteiger partial charge is 0.133 e. The van der Waals surface area contributed by atoms with Gasteiger partial charge in [-0.1, -0.05) is 0 Å². The number of halogens is 2. The highest BCUT2D eigenvalue weighted by Gasteiger charge is 3.22. The van der Waals surface area contributed by atoms with E-state index < -0.39 is 0 Å². The van der Waals surface area contributed by atoms with Crippen molar-refractivity contribution in [3.8, 4) is 0 Å². The molecule has 0 bridgehead atoms. The third-order valence-electron chi connectivity index (χ3n) is 12.5. The first-order valence-corrected chi connectivity index (χ1v) is 11.1. The minimum Gasteiger partial charge on any atom is -0.100 e. The number of hydrogen-bond donors (Lipinski definition) is 0. The number of fused-ring (bicyclic) bond motifs is 9. The van der Waals surface area contributed by atoms with E-state index in [1.54, 1.807) is 0 Å². The molecule has 0 amide bonds. The molecule has 9 saturated carbocycles. The van der Waals surface area contributed by atoms with Crippen molar-refractivity contribution in [3.63, 3.8) is 0 Å². The summed E-state index contributed by atoms with van der Waals surface area (Å²) in [4.78, 5) is 0. The van der Waals surface area contributed by atoms with Gasteiger partial charge >= 0.3 is 0 Å². The number of hydrogen-bond acceptors (Lipinski definition) is 0. The van der Waals surface area contributed by atoms with Crippen molar-refractivity contribution in [3.05, 3.63) is 0 Å². The maximum atomic E-state index is 7.53. The lowest BCUT2D eigenvalue weighted by molar-refractivity contribution is -0.235. The van der Waals surface area contributed by atoms with E-state index in [9.17, 15) is 0 Å². The third-order valence-corrected chi connectivity index (χ3v) is 13.6. The Morgan fingerprint density at radius 3 is 0.739 bits per heavy atom. The van der Waals surface area contributed by atoms with Gasteiger partial charge in [0.1, 0.15) is 4.33 Å². The quantitative estimate of drug-likeness (QED) is 0.482. The normalized spacial score (nSPS) is 50.3. The Morgan fingerprint density at radius 1 is 0.348 bits per heavy atom. The molecule has 0 saturated heterocycles. The van der Waals surface area contributed by atoms with Crippen molar-refractivity contribution >= 4 is 23.2 Å². The molecule has 9 aliphatic rings. The van der Waals surface area contributed by atoms with Gasteiger partial charge in [0.05, 0.1) is 0 Å². The molecule has 0 aromatic carbocycles. The van der Waals surface area contributed by atoms with Crippen LogP contribution in [0.15, 0.2) is 0 Å². The van der Waals surface area contributed by atoms with Gasteiger partial charge in [-0.25, -0.2) is 0 Å². The summed E-state index contributed by atoms with van der Waals surface area (Å²) in [7, 11) is 0. The third kappa shape index (κ3) is 0.588. The highest BCUT2D eigenvalue weighted by molar-refractivity contribution is 6.53. The molecule has 0 aromatic rings. The summed E-state index contributed by atoms with van der Waals surface area (Å²) < 4.78 is -0.346. The lowest BCUT2D eigenvalue weighted by atomic mass is 9.34. The highest BCUT2D eigenvalue weighted by atomic mass is 35.5. The van der Waals surface area contributed by atoms with Crippen LogP contribution in [0.2, 0.25) is 0 Å². The standard InChI is InChI=1S/C21H24Cl2/c22-21(23)19(15(5-6-15)13(1-2-13)16(19)7-8-16)20(21)17(9-10-17)14(3-4-14)18(20)11-12-18/h1-12H2. The summed E-state index contributed by atoms with van der Waals surface area (Å²) in [6.45, 7) is 0. The predicted molar refractivity (Wildman–Crippen MR) is 89.3 cm³/mol. The van der Waals surface area contributed by atoms with Crippen LogP contribution in [0.25, 0.3) is 0 Å². The van der Waals surface area contributed by atoms with E-state index >= 15 is 0 Å². The van der Waals surface area contributed by atoms with Crippen LogP contribution in [-0.2, 0) is 0 Å². The average Bonchev–Trinajstić information content (AvgIpc) is 3.34. The lowest BCUT2D eigenvalue weighted by Crippen LogP contribution is -2.66. The lowest BCUT2D eigenvalue weighted by Gasteiger charge is -2.68. The van der Waals surface area contributed by atoms with Gasteiger partial charge < -0.3 is 0 Å². The molecular formula is C21H24Cl2. The van der Waals surface area contributed by atoms with Gasteiger partial charge in [-0.15, -0.1) is 23.2 Å². The van der Waals surface area contributed by atoms with E-state index in [0.717, 1.165) is 10.8 Å². The predicted octanol–water partition coefficient (Wildman–Crippen LogP) is 5.86. The van der Waals surface area contributed by atoms with Crippen LogP contribution in [0.4, 0.5) is 0 Å². The molecule has 0 atom stereocenters. The van der Waals surface area contributed by atoms with Crippen molar-refractivity contribution in [2.24, 2.45) is 43.3 Å². The van der Waals surface area contributed by atoms with E-state index in [1.807, 2.05) is 0 Å². The van der Waals surface area contributed by atoms with Gasteiger partial charge in [-0.2, -0.15) is 0 Å². The van der Waals surface area contributed by atoms with Crippen molar-refractivity contribution in [1.82, 2.24) is 0 Å². The molecule has 0 nitrogen and oxygen atoms in total. The van der Waals surface area contributed by atoms with Gasteiger partial charge in [0.25, 0.3) is 0 Å². The Hall–Kier alpha value is 0.580. The zero-order valence-electron chi connectivity index (χ0n) is 13.7. The van der Waals surface area contributed by atoms with Crippen LogP contribution in [-0.4, -0.2) is 4.33 Å². The zero-order chi connectivity index (χ0) is 15.0. The fourth-order valence-corrected chi connectivity index (χ4v) is 14.3. The van der Waals surface area contributed by atoms with Gasteiger partial charge in [0, 0.05) is 10.8 Å². The zero-order valence-corrected chi connectivity index (χ0v) is 15.3. The molecule has 9 aliphatic carbocycles. The van der Waals surface area contributed by atoms with Gasteiger partial charge in [0.15, 0.2) is 0 Å². The Kier molecular flexibility index (Phi) is 1.24. The molecule has 2 heteroatoms. The minimum atomic E-state index is -0.346. The first-order valence-electron chi connectivity index (χ1n) is 10.4. The van der Waals surface area contributed by atoms with E-state index in [2.05, 4.69) is 0 Å². The molecule has 23 heavy (non-hydrogen) atoms. The number of rotatable bonds is 0. The second-order valence-corrected chi connectivity index (χ2v) is 12.9. The summed E-state index contributed by atoms with van der Waals surface area (Å²) in [5.74, 6) is 0. The molecule has 0 aromatic heterocycles. The van der Waals surface area contributed by atoms with Gasteiger partial charge in [0.2, 0.25) is 0 Å². The second kappa shape index (κ2) is 2.37. The van der Waals surface area contributed by atoms with Crippen molar-refractivity contribution in [1.29, 1.82) is 0 Å². The molecule has 9 fully saturated rings. The molecule has 0 heterocycles. The summed E-state index contributed by atoms with van der Waals surface area (Å²) in [5.41, 5.74) is 4.78. The monoisotopic (exact) mass is 346 g/mol. The van der Waals surface area contributed by atoms with Crippen LogP contribution < -0.4 is 0 Å². The summed E-state index contributed by atoms with van der Waals surface area (Å²) in [5, 5.41) is 0. The van der Waals surface area contributed by atoms with E-state index in [0.29, 0.717) is 32.5 Å². The first-order chi connectivity index (χ1) is 11.0. The van der Waals surface area contributed by atoms with Crippen molar-refractivity contribution in [2.45, 2.75) is 81.4 Å². The van der Waals surface area contributed by atoms with Gasteiger partial charge in [-0.05, 0) is 110 Å². The molecule has 9 rings (SSSR count). The molecule has 8 spiro atoms. The molecule has 0 unspecified atom stereocenters. The van der Waals surface area contributed by atoms with E-state index in [4.69, 9.17) is 23.2 Å². The summed E-state index contributed by atoms with van der Waals surface area (Å²) in [6, 6.07) is 0. The Labute approximate surface area is 148 Å². The van der Waals surface area contributed by atoms with Crippen LogP contribution in [0.3, 0.4) is 0 Å². The maximum Gasteiger partial charge on any atom is 0.133 e. The SMILES string of the molecule is ClC1(Cl)C2(C3(CC3)C3(CC3)C23CC3)C12C1(CC1)C1(CC1)C21CC1. The van der Waals surface area contributed by atoms with Crippen molar-refractivity contribution in [2.75, 3.05) is 0 Å². The van der Waals surface area contributed by atoms with Gasteiger partial charge in [-0.3, -0.25) is 0 Å². The highest BCUT2D eigenvalue weighted by Crippen LogP contribution is 3.23. The minimum absolute atomic E-state index is 0.346. The van der Waals surface area contributed by atoms with Crippen LogP contribution >= 0.6 is 23.2 Å².